The molecule has 4 nitrogen and oxygen atoms in total. The van der Waals surface area contributed by atoms with Crippen LogP contribution in [0.25, 0.3) is 0 Å². The van der Waals surface area contributed by atoms with E-state index in [4.69, 9.17) is 25.8 Å². The van der Waals surface area contributed by atoms with Crippen molar-refractivity contribution in [2.24, 2.45) is 0 Å². The Labute approximate surface area is 211 Å². The zero-order valence-corrected chi connectivity index (χ0v) is 20.4. The first-order valence-electron chi connectivity index (χ1n) is 11.4. The molecule has 0 atom stereocenters. The molecule has 1 N–H and O–H groups in total. The molecule has 0 aliphatic carbocycles. The third-order valence-electron chi connectivity index (χ3n) is 5.40. The maximum absolute atomic E-state index is 6.17. The molecule has 178 valence electrons. The fourth-order valence-electron chi connectivity index (χ4n) is 3.65. The lowest BCUT2D eigenvalue weighted by atomic mass is 10.1. The number of hydrogen-bond donors (Lipinski definition) is 1. The number of ether oxygens (including phenoxy) is 3. The van der Waals surface area contributed by atoms with Gasteiger partial charge in [0.15, 0.2) is 11.5 Å². The van der Waals surface area contributed by atoms with Gasteiger partial charge in [-0.1, -0.05) is 48.0 Å². The average molecular weight is 486 g/mol. The number of hydrogen-bond acceptors (Lipinski definition) is 4. The van der Waals surface area contributed by atoms with Crippen LogP contribution >= 0.6 is 11.6 Å². The van der Waals surface area contributed by atoms with E-state index in [1.807, 2.05) is 91.0 Å². The van der Waals surface area contributed by atoms with Crippen LogP contribution in [0.4, 0.5) is 5.69 Å². The highest BCUT2D eigenvalue weighted by Gasteiger charge is 2.13. The van der Waals surface area contributed by atoms with E-state index in [0.29, 0.717) is 30.3 Å². The number of allylic oxidation sites excluding steroid dienone is 1. The molecule has 5 heteroatoms. The average Bonchev–Trinajstić information content (AvgIpc) is 2.89. The fraction of sp³-hybridized carbons (Fsp3) is 0.133. The predicted octanol–water partition coefficient (Wildman–Crippen LogP) is 8.06. The highest BCUT2D eigenvalue weighted by molar-refractivity contribution is 6.30. The van der Waals surface area contributed by atoms with Crippen molar-refractivity contribution in [1.29, 1.82) is 0 Å². The van der Waals surface area contributed by atoms with Crippen molar-refractivity contribution in [3.8, 4) is 23.0 Å². The summed E-state index contributed by atoms with van der Waals surface area (Å²) in [5.41, 5.74) is 4.14. The highest BCUT2D eigenvalue weighted by atomic mass is 35.5. The Morgan fingerprint density at radius 1 is 0.857 bits per heavy atom. The molecule has 0 unspecified atom stereocenters. The molecule has 4 rings (SSSR count). The third-order valence-corrected chi connectivity index (χ3v) is 5.65. The van der Waals surface area contributed by atoms with E-state index >= 15 is 0 Å². The molecule has 35 heavy (non-hydrogen) atoms. The molecule has 0 fully saturated rings. The van der Waals surface area contributed by atoms with Crippen LogP contribution in [0.5, 0.6) is 23.0 Å². The summed E-state index contributed by atoms with van der Waals surface area (Å²) in [5, 5.41) is 4.17. The second-order valence-corrected chi connectivity index (χ2v) is 8.42. The Morgan fingerprint density at radius 3 is 2.26 bits per heavy atom. The minimum Gasteiger partial charge on any atom is -0.493 e. The molecule has 0 aliphatic heterocycles. The van der Waals surface area contributed by atoms with E-state index < -0.39 is 0 Å². The van der Waals surface area contributed by atoms with Crippen molar-refractivity contribution < 1.29 is 14.2 Å². The zero-order valence-electron chi connectivity index (χ0n) is 19.7. The second kappa shape index (κ2) is 12.0. The molecule has 0 heterocycles. The largest absolute Gasteiger partial charge is 0.493 e. The lowest BCUT2D eigenvalue weighted by Gasteiger charge is -2.17. The third kappa shape index (κ3) is 6.81. The number of nitrogens with one attached hydrogen (secondary N) is 1. The van der Waals surface area contributed by atoms with Gasteiger partial charge in [-0.05, 0) is 78.2 Å². The number of methoxy groups -OCH3 is 1. The summed E-state index contributed by atoms with van der Waals surface area (Å²) in [6, 6.07) is 29.4. The molecule has 0 bridgehead atoms. The molecular formula is C30H28ClNO3. The number of benzene rings is 4. The monoisotopic (exact) mass is 485 g/mol. The van der Waals surface area contributed by atoms with Crippen molar-refractivity contribution in [2.45, 2.75) is 19.6 Å². The minimum absolute atomic E-state index is 0.423. The molecule has 0 amide bonds. The van der Waals surface area contributed by atoms with Crippen LogP contribution in [0, 0.1) is 0 Å². The van der Waals surface area contributed by atoms with E-state index in [9.17, 15) is 0 Å². The highest BCUT2D eigenvalue weighted by Crippen LogP contribution is 2.35. The van der Waals surface area contributed by atoms with Gasteiger partial charge in [0, 0.05) is 22.8 Å². The first kappa shape index (κ1) is 24.2. The molecule has 0 aromatic heterocycles. The number of rotatable bonds is 11. The molecule has 4 aromatic carbocycles. The smallest absolute Gasteiger partial charge is 0.165 e. The summed E-state index contributed by atoms with van der Waals surface area (Å²) in [6.45, 7) is 4.96. The summed E-state index contributed by atoms with van der Waals surface area (Å²) in [5.74, 6) is 3.03. The normalized spacial score (nSPS) is 10.5. The Hall–Kier alpha value is -3.89. The minimum atomic E-state index is 0.423. The Morgan fingerprint density at radius 2 is 1.57 bits per heavy atom. The first-order valence-corrected chi connectivity index (χ1v) is 11.8. The van der Waals surface area contributed by atoms with Gasteiger partial charge in [0.25, 0.3) is 0 Å². The van der Waals surface area contributed by atoms with Gasteiger partial charge in [0.2, 0.25) is 0 Å². The lowest BCUT2D eigenvalue weighted by molar-refractivity contribution is 0.281. The second-order valence-electron chi connectivity index (χ2n) is 7.99. The number of anilines is 1. The first-order chi connectivity index (χ1) is 17.1. The molecule has 0 saturated heterocycles. The Kier molecular flexibility index (Phi) is 8.31. The zero-order chi connectivity index (χ0) is 24.5. The fourth-order valence-corrected chi connectivity index (χ4v) is 3.78. The van der Waals surface area contributed by atoms with Crippen LogP contribution in [0.2, 0.25) is 5.02 Å². The molecule has 0 saturated carbocycles. The number of halogens is 1. The van der Waals surface area contributed by atoms with Crippen LogP contribution in [0.1, 0.15) is 16.7 Å². The van der Waals surface area contributed by atoms with Gasteiger partial charge in [-0.2, -0.15) is 0 Å². The van der Waals surface area contributed by atoms with Crippen LogP contribution in [0.3, 0.4) is 0 Å². The maximum Gasteiger partial charge on any atom is 0.165 e. The van der Waals surface area contributed by atoms with Gasteiger partial charge in [-0.3, -0.25) is 0 Å². The predicted molar refractivity (Wildman–Crippen MR) is 143 cm³/mol. The van der Waals surface area contributed by atoms with E-state index in [0.717, 1.165) is 39.6 Å². The molecule has 0 aliphatic rings. The van der Waals surface area contributed by atoms with Crippen molar-refractivity contribution in [3.63, 3.8) is 0 Å². The summed E-state index contributed by atoms with van der Waals surface area (Å²) in [4.78, 5) is 0. The summed E-state index contributed by atoms with van der Waals surface area (Å²) in [7, 11) is 1.66. The quantitative estimate of drug-likeness (QED) is 0.218. The van der Waals surface area contributed by atoms with Crippen molar-refractivity contribution >= 4 is 17.3 Å². The number of para-hydroxylation sites is 1. The van der Waals surface area contributed by atoms with Gasteiger partial charge >= 0.3 is 0 Å². The van der Waals surface area contributed by atoms with Crippen molar-refractivity contribution in [3.05, 3.63) is 125 Å². The van der Waals surface area contributed by atoms with E-state index in [2.05, 4.69) is 18.0 Å². The molecular weight excluding hydrogens is 458 g/mol. The van der Waals surface area contributed by atoms with Gasteiger partial charge < -0.3 is 19.5 Å². The van der Waals surface area contributed by atoms with Gasteiger partial charge in [-0.15, -0.1) is 6.58 Å². The summed E-state index contributed by atoms with van der Waals surface area (Å²) >= 11 is 5.99. The van der Waals surface area contributed by atoms with Crippen LogP contribution in [-0.2, 0) is 19.6 Å². The van der Waals surface area contributed by atoms with Crippen molar-refractivity contribution in [2.75, 3.05) is 12.4 Å². The standard InChI is InChI=1S/C30H28ClNO3/c1-3-7-24-18-23(19-29(33-2)30(24)34-21-22-10-12-25(31)13-11-22)20-32-26-14-16-28(17-15-26)35-27-8-5-4-6-9-27/h3-6,8-19,32H,1,7,20-21H2,2H3. The van der Waals surface area contributed by atoms with Crippen LogP contribution in [0.15, 0.2) is 104 Å². The molecule has 4 aromatic rings. The summed E-state index contributed by atoms with van der Waals surface area (Å²) in [6.07, 6.45) is 2.54. The topological polar surface area (TPSA) is 39.7 Å². The van der Waals surface area contributed by atoms with E-state index in [1.165, 1.54) is 0 Å². The molecule has 0 radical (unpaired) electrons. The van der Waals surface area contributed by atoms with Gasteiger partial charge in [0.1, 0.15) is 18.1 Å². The van der Waals surface area contributed by atoms with Crippen LogP contribution < -0.4 is 19.5 Å². The van der Waals surface area contributed by atoms with E-state index in [1.54, 1.807) is 7.11 Å². The van der Waals surface area contributed by atoms with Gasteiger partial charge in [-0.25, -0.2) is 0 Å². The lowest BCUT2D eigenvalue weighted by Crippen LogP contribution is -2.05. The van der Waals surface area contributed by atoms with Gasteiger partial charge in [0.05, 0.1) is 7.11 Å². The maximum atomic E-state index is 6.17. The summed E-state index contributed by atoms with van der Waals surface area (Å²) < 4.78 is 17.7. The SMILES string of the molecule is C=CCc1cc(CNc2ccc(Oc3ccccc3)cc2)cc(OC)c1OCc1ccc(Cl)cc1. The Bertz CT molecular complexity index is 1240. The van der Waals surface area contributed by atoms with Crippen LogP contribution in [-0.4, -0.2) is 7.11 Å². The van der Waals surface area contributed by atoms with Crippen molar-refractivity contribution in [1.82, 2.24) is 0 Å². The molecule has 0 spiro atoms. The van der Waals surface area contributed by atoms with E-state index in [-0.39, 0.29) is 0 Å². The Balaban J connectivity index is 1.44.